The maximum Gasteiger partial charge on any atom is 0.273 e. The van der Waals surface area contributed by atoms with Crippen molar-refractivity contribution in [2.24, 2.45) is 5.92 Å². The van der Waals surface area contributed by atoms with Crippen molar-refractivity contribution in [2.45, 2.75) is 58.4 Å². The number of aromatic amines is 1. The fourth-order valence-electron chi connectivity index (χ4n) is 2.94. The van der Waals surface area contributed by atoms with E-state index in [0.29, 0.717) is 11.7 Å². The summed E-state index contributed by atoms with van der Waals surface area (Å²) in [5.41, 5.74) is 0.694. The first kappa shape index (κ1) is 20.0. The predicted molar refractivity (Wildman–Crippen MR) is 107 cm³/mol. The number of nitrogens with one attached hydrogen (secondary N) is 2. The van der Waals surface area contributed by atoms with Crippen LogP contribution in [-0.4, -0.2) is 33.7 Å². The Balaban J connectivity index is 1.61. The molecule has 0 spiro atoms. The standard InChI is InChI=1S/C21H28N4O3/c1-3-14(2)22-19(26)11-10-18-21(27)23-20(25-24-18)16-8-5-9-17(12-16)28-13-15-6-4-7-15/h5,8-9,12,14-15H,3-4,6-7,10-11,13H2,1-2H3,(H,22,26)(H,23,25,27). The van der Waals surface area contributed by atoms with E-state index in [1.165, 1.54) is 19.3 Å². The molecule has 1 heterocycles. The zero-order valence-electron chi connectivity index (χ0n) is 16.5. The van der Waals surface area contributed by atoms with Gasteiger partial charge in [0.1, 0.15) is 11.4 Å². The zero-order chi connectivity index (χ0) is 19.9. The van der Waals surface area contributed by atoms with E-state index in [0.717, 1.165) is 24.3 Å². The molecule has 1 aliphatic carbocycles. The number of aryl methyl sites for hydroxylation is 1. The molecule has 1 unspecified atom stereocenters. The van der Waals surface area contributed by atoms with E-state index in [2.05, 4.69) is 20.5 Å². The van der Waals surface area contributed by atoms with Gasteiger partial charge in [-0.25, -0.2) is 0 Å². The van der Waals surface area contributed by atoms with Crippen molar-refractivity contribution in [1.82, 2.24) is 20.5 Å². The summed E-state index contributed by atoms with van der Waals surface area (Å²) in [7, 11) is 0. The smallest absolute Gasteiger partial charge is 0.273 e. The van der Waals surface area contributed by atoms with Crippen molar-refractivity contribution < 1.29 is 9.53 Å². The first-order valence-electron chi connectivity index (χ1n) is 10.0. The second kappa shape index (κ2) is 9.48. The number of hydrogen-bond acceptors (Lipinski definition) is 5. The first-order chi connectivity index (χ1) is 13.5. The molecular weight excluding hydrogens is 356 g/mol. The number of hydrogen-bond donors (Lipinski definition) is 2. The number of H-pyrrole nitrogens is 1. The lowest BCUT2D eigenvalue weighted by atomic mass is 9.86. The SMILES string of the molecule is CCC(C)NC(=O)CCc1nnc(-c2cccc(OCC3CCC3)c2)[nH]c1=O. The third-order valence-corrected chi connectivity index (χ3v) is 5.19. The molecule has 1 atom stereocenters. The number of carbonyl (C=O) groups excluding carboxylic acids is 1. The summed E-state index contributed by atoms with van der Waals surface area (Å²) < 4.78 is 5.85. The van der Waals surface area contributed by atoms with Gasteiger partial charge in [-0.1, -0.05) is 25.5 Å². The van der Waals surface area contributed by atoms with Crippen LogP contribution in [0.15, 0.2) is 29.1 Å². The zero-order valence-corrected chi connectivity index (χ0v) is 16.5. The lowest BCUT2D eigenvalue weighted by Gasteiger charge is -2.25. The monoisotopic (exact) mass is 384 g/mol. The van der Waals surface area contributed by atoms with Gasteiger partial charge >= 0.3 is 0 Å². The summed E-state index contributed by atoms with van der Waals surface area (Å²) in [6, 6.07) is 7.61. The molecule has 0 aliphatic heterocycles. The van der Waals surface area contributed by atoms with Crippen LogP contribution in [0.4, 0.5) is 0 Å². The molecule has 3 rings (SSSR count). The topological polar surface area (TPSA) is 97.0 Å². The Labute approximate surface area is 164 Å². The molecule has 28 heavy (non-hydrogen) atoms. The summed E-state index contributed by atoms with van der Waals surface area (Å²) in [5, 5.41) is 11.1. The molecule has 2 N–H and O–H groups in total. The summed E-state index contributed by atoms with van der Waals surface area (Å²) in [6.45, 7) is 4.68. The Hall–Kier alpha value is -2.70. The van der Waals surface area contributed by atoms with Gasteiger partial charge in [-0.05, 0) is 44.2 Å². The van der Waals surface area contributed by atoms with Crippen LogP contribution in [0.5, 0.6) is 5.75 Å². The second-order valence-electron chi connectivity index (χ2n) is 7.46. The van der Waals surface area contributed by atoms with Crippen LogP contribution >= 0.6 is 0 Å². The van der Waals surface area contributed by atoms with Crippen LogP contribution in [0.25, 0.3) is 11.4 Å². The summed E-state index contributed by atoms with van der Waals surface area (Å²) >= 11 is 0. The van der Waals surface area contributed by atoms with E-state index < -0.39 is 0 Å². The van der Waals surface area contributed by atoms with Gasteiger partial charge in [0, 0.05) is 24.4 Å². The average molecular weight is 384 g/mol. The third kappa shape index (κ3) is 5.41. The van der Waals surface area contributed by atoms with Crippen molar-refractivity contribution in [2.75, 3.05) is 6.61 Å². The van der Waals surface area contributed by atoms with Gasteiger partial charge in [0.2, 0.25) is 5.91 Å². The number of aromatic nitrogens is 3. The Morgan fingerprint density at radius 2 is 2.18 bits per heavy atom. The fourth-order valence-corrected chi connectivity index (χ4v) is 2.94. The molecule has 1 aliphatic rings. The average Bonchev–Trinajstić information content (AvgIpc) is 2.66. The first-order valence-corrected chi connectivity index (χ1v) is 10.0. The van der Waals surface area contributed by atoms with Gasteiger partial charge in [0.05, 0.1) is 6.61 Å². The van der Waals surface area contributed by atoms with E-state index in [9.17, 15) is 9.59 Å². The number of ether oxygens (including phenoxy) is 1. The highest BCUT2D eigenvalue weighted by Gasteiger charge is 2.18. The molecule has 0 bridgehead atoms. The van der Waals surface area contributed by atoms with Crippen molar-refractivity contribution in [1.29, 1.82) is 0 Å². The molecular formula is C21H28N4O3. The fraction of sp³-hybridized carbons (Fsp3) is 0.524. The van der Waals surface area contributed by atoms with Crippen molar-refractivity contribution in [3.8, 4) is 17.1 Å². The molecule has 2 aromatic rings. The molecule has 0 radical (unpaired) electrons. The van der Waals surface area contributed by atoms with E-state index in [-0.39, 0.29) is 36.0 Å². The highest BCUT2D eigenvalue weighted by atomic mass is 16.5. The van der Waals surface area contributed by atoms with Gasteiger partial charge in [-0.15, -0.1) is 10.2 Å². The van der Waals surface area contributed by atoms with Gasteiger partial charge in [-0.3, -0.25) is 9.59 Å². The van der Waals surface area contributed by atoms with Gasteiger partial charge < -0.3 is 15.0 Å². The Morgan fingerprint density at radius 3 is 2.86 bits per heavy atom. The minimum absolute atomic E-state index is 0.0871. The molecule has 7 nitrogen and oxygen atoms in total. The number of rotatable bonds is 9. The molecule has 7 heteroatoms. The Kier molecular flexibility index (Phi) is 6.79. The van der Waals surface area contributed by atoms with E-state index in [1.807, 2.05) is 38.1 Å². The molecule has 1 amide bonds. The summed E-state index contributed by atoms with van der Waals surface area (Å²) in [4.78, 5) is 27.0. The summed E-state index contributed by atoms with van der Waals surface area (Å²) in [6.07, 6.45) is 5.09. The Bertz CT molecular complexity index is 861. The Morgan fingerprint density at radius 1 is 1.36 bits per heavy atom. The highest BCUT2D eigenvalue weighted by molar-refractivity contribution is 5.76. The summed E-state index contributed by atoms with van der Waals surface area (Å²) in [5.74, 6) is 1.72. The lowest BCUT2D eigenvalue weighted by molar-refractivity contribution is -0.121. The molecule has 1 saturated carbocycles. The molecule has 1 fully saturated rings. The van der Waals surface area contributed by atoms with Crippen molar-refractivity contribution in [3.05, 3.63) is 40.3 Å². The van der Waals surface area contributed by atoms with Gasteiger partial charge in [0.25, 0.3) is 5.56 Å². The maximum absolute atomic E-state index is 12.3. The van der Waals surface area contributed by atoms with E-state index >= 15 is 0 Å². The number of carbonyl (C=O) groups is 1. The van der Waals surface area contributed by atoms with E-state index in [1.54, 1.807) is 0 Å². The molecule has 1 aromatic heterocycles. The normalized spacial score (nSPS) is 14.9. The molecule has 0 saturated heterocycles. The minimum atomic E-state index is -0.317. The lowest BCUT2D eigenvalue weighted by Crippen LogP contribution is -2.32. The minimum Gasteiger partial charge on any atom is -0.493 e. The second-order valence-corrected chi connectivity index (χ2v) is 7.46. The number of nitrogens with zero attached hydrogens (tertiary/aromatic N) is 2. The quantitative estimate of drug-likeness (QED) is 0.693. The van der Waals surface area contributed by atoms with E-state index in [4.69, 9.17) is 4.74 Å². The molecule has 1 aromatic carbocycles. The van der Waals surface area contributed by atoms with Crippen molar-refractivity contribution >= 4 is 5.91 Å². The van der Waals surface area contributed by atoms with Crippen LogP contribution in [0.3, 0.4) is 0 Å². The molecule has 150 valence electrons. The number of amides is 1. The van der Waals surface area contributed by atoms with Gasteiger partial charge in [0.15, 0.2) is 5.82 Å². The maximum atomic E-state index is 12.3. The van der Waals surface area contributed by atoms with Gasteiger partial charge in [-0.2, -0.15) is 0 Å². The van der Waals surface area contributed by atoms with Crippen LogP contribution < -0.4 is 15.6 Å². The predicted octanol–water partition coefficient (Wildman–Crippen LogP) is 2.86. The largest absolute Gasteiger partial charge is 0.493 e. The number of benzene rings is 1. The van der Waals surface area contributed by atoms with Crippen LogP contribution in [0.1, 0.15) is 51.6 Å². The van der Waals surface area contributed by atoms with Crippen LogP contribution in [0, 0.1) is 5.92 Å². The van der Waals surface area contributed by atoms with Crippen molar-refractivity contribution in [3.63, 3.8) is 0 Å². The highest BCUT2D eigenvalue weighted by Crippen LogP contribution is 2.28. The van der Waals surface area contributed by atoms with Crippen LogP contribution in [0.2, 0.25) is 0 Å². The third-order valence-electron chi connectivity index (χ3n) is 5.19. The van der Waals surface area contributed by atoms with Crippen LogP contribution in [-0.2, 0) is 11.2 Å².